The molecule has 1 aromatic carbocycles. The molecule has 0 saturated carbocycles. The Morgan fingerprint density at radius 3 is 2.00 bits per heavy atom. The lowest BCUT2D eigenvalue weighted by molar-refractivity contribution is -0.139. The summed E-state index contributed by atoms with van der Waals surface area (Å²) in [6.45, 7) is 7.45. The molecule has 4 heteroatoms. The van der Waals surface area contributed by atoms with Crippen molar-refractivity contribution in [3.63, 3.8) is 0 Å². The molecule has 0 aliphatic heterocycles. The number of rotatable bonds is 11. The van der Waals surface area contributed by atoms with Crippen LogP contribution in [0.1, 0.15) is 82.8 Å². The fourth-order valence-electron chi connectivity index (χ4n) is 2.65. The minimum atomic E-state index is -0.559. The van der Waals surface area contributed by atoms with E-state index >= 15 is 0 Å². The quantitative estimate of drug-likeness (QED) is 0.464. The van der Waals surface area contributed by atoms with Crippen molar-refractivity contribution in [3.8, 4) is 0 Å². The van der Waals surface area contributed by atoms with Crippen LogP contribution in [0.15, 0.2) is 24.3 Å². The molecule has 2 N–H and O–H groups in total. The largest absolute Gasteiger partial charge is 0.348 e. The summed E-state index contributed by atoms with van der Waals surface area (Å²) in [5.74, 6) is -0.610. The van der Waals surface area contributed by atoms with Gasteiger partial charge in [0, 0.05) is 13.1 Å². The zero-order valence-electron chi connectivity index (χ0n) is 16.1. The van der Waals surface area contributed by atoms with Gasteiger partial charge in [0.2, 0.25) is 0 Å². The highest BCUT2D eigenvalue weighted by Gasteiger charge is 2.12. The van der Waals surface area contributed by atoms with Crippen molar-refractivity contribution in [1.82, 2.24) is 10.6 Å². The SMILES string of the molecule is CCCCCCCCCNC(=O)C(=O)NCc1ccc(C(C)C)cc1. The average molecular weight is 347 g/mol. The number of carbonyl (C=O) groups is 2. The zero-order chi connectivity index (χ0) is 18.5. The van der Waals surface area contributed by atoms with Gasteiger partial charge in [-0.1, -0.05) is 83.6 Å². The van der Waals surface area contributed by atoms with Gasteiger partial charge < -0.3 is 10.6 Å². The molecule has 25 heavy (non-hydrogen) atoms. The van der Waals surface area contributed by atoms with Crippen molar-refractivity contribution in [2.75, 3.05) is 6.54 Å². The third kappa shape index (κ3) is 9.28. The Morgan fingerprint density at radius 1 is 0.840 bits per heavy atom. The fourth-order valence-corrected chi connectivity index (χ4v) is 2.65. The molecular formula is C21H34N2O2. The Bertz CT molecular complexity index is 509. The number of hydrogen-bond donors (Lipinski definition) is 2. The van der Waals surface area contributed by atoms with Gasteiger partial charge in [-0.2, -0.15) is 0 Å². The summed E-state index contributed by atoms with van der Waals surface area (Å²) in [4.78, 5) is 23.6. The summed E-state index contributed by atoms with van der Waals surface area (Å²) in [5.41, 5.74) is 2.26. The third-order valence-corrected chi connectivity index (χ3v) is 4.37. The first-order chi connectivity index (χ1) is 12.0. The number of hydrogen-bond acceptors (Lipinski definition) is 2. The lowest BCUT2D eigenvalue weighted by Gasteiger charge is -2.09. The van der Waals surface area contributed by atoms with Crippen molar-refractivity contribution >= 4 is 11.8 Å². The van der Waals surface area contributed by atoms with Crippen molar-refractivity contribution in [2.45, 2.75) is 78.2 Å². The molecule has 0 bridgehead atoms. The Hall–Kier alpha value is -1.84. The number of carbonyl (C=O) groups excluding carboxylic acids is 2. The molecule has 2 amide bonds. The number of amides is 2. The van der Waals surface area contributed by atoms with Crippen molar-refractivity contribution in [1.29, 1.82) is 0 Å². The van der Waals surface area contributed by atoms with Crippen LogP contribution in [-0.4, -0.2) is 18.4 Å². The highest BCUT2D eigenvalue weighted by molar-refractivity contribution is 6.35. The van der Waals surface area contributed by atoms with Crippen LogP contribution in [0.5, 0.6) is 0 Å². The molecule has 140 valence electrons. The van der Waals surface area contributed by atoms with Crippen LogP contribution in [0, 0.1) is 0 Å². The maximum atomic E-state index is 11.8. The molecule has 0 aliphatic carbocycles. The van der Waals surface area contributed by atoms with Crippen molar-refractivity contribution < 1.29 is 9.59 Å². The van der Waals surface area contributed by atoms with Gasteiger partial charge in [-0.3, -0.25) is 9.59 Å². The van der Waals surface area contributed by atoms with Crippen LogP contribution in [0.4, 0.5) is 0 Å². The third-order valence-electron chi connectivity index (χ3n) is 4.37. The first-order valence-corrected chi connectivity index (χ1v) is 9.69. The molecule has 0 aromatic heterocycles. The molecule has 4 nitrogen and oxygen atoms in total. The van der Waals surface area contributed by atoms with Gasteiger partial charge in [-0.05, 0) is 23.5 Å². The maximum absolute atomic E-state index is 11.8. The van der Waals surface area contributed by atoms with Crippen LogP contribution in [0.25, 0.3) is 0 Å². The molecular weight excluding hydrogens is 312 g/mol. The minimum absolute atomic E-state index is 0.377. The monoisotopic (exact) mass is 346 g/mol. The van der Waals surface area contributed by atoms with E-state index in [1.165, 1.54) is 37.7 Å². The van der Waals surface area contributed by atoms with Crippen LogP contribution in [0.2, 0.25) is 0 Å². The predicted molar refractivity (Wildman–Crippen MR) is 103 cm³/mol. The Kier molecular flexibility index (Phi) is 10.6. The van der Waals surface area contributed by atoms with Gasteiger partial charge in [-0.15, -0.1) is 0 Å². The summed E-state index contributed by atoms with van der Waals surface area (Å²) in [6, 6.07) is 8.11. The number of benzene rings is 1. The summed E-state index contributed by atoms with van der Waals surface area (Å²) in [7, 11) is 0. The molecule has 0 radical (unpaired) electrons. The van der Waals surface area contributed by atoms with E-state index in [4.69, 9.17) is 0 Å². The Balaban J connectivity index is 2.14. The summed E-state index contributed by atoms with van der Waals surface area (Å²) in [5, 5.41) is 5.37. The molecule has 1 aromatic rings. The lowest BCUT2D eigenvalue weighted by atomic mass is 10.0. The van der Waals surface area contributed by atoms with Crippen molar-refractivity contribution in [2.24, 2.45) is 0 Å². The van der Waals surface area contributed by atoms with E-state index < -0.39 is 11.8 Å². The van der Waals surface area contributed by atoms with Gasteiger partial charge in [-0.25, -0.2) is 0 Å². The first-order valence-electron chi connectivity index (χ1n) is 9.69. The van der Waals surface area contributed by atoms with E-state index in [-0.39, 0.29) is 0 Å². The molecule has 0 atom stereocenters. The fraction of sp³-hybridized carbons (Fsp3) is 0.619. The van der Waals surface area contributed by atoms with Gasteiger partial charge in [0.1, 0.15) is 0 Å². The summed E-state index contributed by atoms with van der Waals surface area (Å²) >= 11 is 0. The Labute approximate surface area is 152 Å². The second-order valence-corrected chi connectivity index (χ2v) is 6.96. The number of unbranched alkanes of at least 4 members (excludes halogenated alkanes) is 6. The van der Waals surface area contributed by atoms with Gasteiger partial charge in [0.15, 0.2) is 0 Å². The molecule has 0 spiro atoms. The smallest absolute Gasteiger partial charge is 0.309 e. The normalized spacial score (nSPS) is 10.7. The number of nitrogens with one attached hydrogen (secondary N) is 2. The van der Waals surface area contributed by atoms with Crippen LogP contribution in [-0.2, 0) is 16.1 Å². The molecule has 0 heterocycles. The first kappa shape index (κ1) is 21.2. The second-order valence-electron chi connectivity index (χ2n) is 6.96. The lowest BCUT2D eigenvalue weighted by Crippen LogP contribution is -2.39. The van der Waals surface area contributed by atoms with Gasteiger partial charge in [0.05, 0.1) is 0 Å². The predicted octanol–water partition coefficient (Wildman–Crippen LogP) is 4.29. The van der Waals surface area contributed by atoms with E-state index in [0.29, 0.717) is 19.0 Å². The van der Waals surface area contributed by atoms with E-state index in [1.807, 2.05) is 12.1 Å². The van der Waals surface area contributed by atoms with E-state index in [0.717, 1.165) is 18.4 Å². The Morgan fingerprint density at radius 2 is 1.40 bits per heavy atom. The minimum Gasteiger partial charge on any atom is -0.348 e. The average Bonchev–Trinajstić information content (AvgIpc) is 2.62. The van der Waals surface area contributed by atoms with E-state index in [1.54, 1.807) is 0 Å². The molecule has 0 unspecified atom stereocenters. The van der Waals surface area contributed by atoms with E-state index in [9.17, 15) is 9.59 Å². The molecule has 1 rings (SSSR count). The summed E-state index contributed by atoms with van der Waals surface area (Å²) in [6.07, 6.45) is 8.36. The van der Waals surface area contributed by atoms with Gasteiger partial charge in [0.25, 0.3) is 0 Å². The molecule has 0 aliphatic rings. The van der Waals surface area contributed by atoms with E-state index in [2.05, 4.69) is 43.5 Å². The standard InChI is InChI=1S/C21H34N2O2/c1-4-5-6-7-8-9-10-15-22-20(24)21(25)23-16-18-11-13-19(14-12-18)17(2)3/h11-14,17H,4-10,15-16H2,1-3H3,(H,22,24)(H,23,25). The maximum Gasteiger partial charge on any atom is 0.309 e. The second kappa shape index (κ2) is 12.5. The molecule has 0 fully saturated rings. The van der Waals surface area contributed by atoms with Crippen molar-refractivity contribution in [3.05, 3.63) is 35.4 Å². The molecule has 0 saturated heterocycles. The topological polar surface area (TPSA) is 58.2 Å². The van der Waals surface area contributed by atoms with Crippen LogP contribution in [0.3, 0.4) is 0 Å². The highest BCUT2D eigenvalue weighted by atomic mass is 16.2. The van der Waals surface area contributed by atoms with Crippen LogP contribution >= 0.6 is 0 Å². The van der Waals surface area contributed by atoms with Crippen LogP contribution < -0.4 is 10.6 Å². The highest BCUT2D eigenvalue weighted by Crippen LogP contribution is 2.14. The zero-order valence-corrected chi connectivity index (χ0v) is 16.1. The summed E-state index contributed by atoms with van der Waals surface area (Å²) < 4.78 is 0. The van der Waals surface area contributed by atoms with Gasteiger partial charge >= 0.3 is 11.8 Å².